The second kappa shape index (κ2) is 9.42. The lowest BCUT2D eigenvalue weighted by Gasteiger charge is -2.27. The van der Waals surface area contributed by atoms with Gasteiger partial charge in [-0.25, -0.2) is 0 Å². The van der Waals surface area contributed by atoms with Crippen molar-refractivity contribution in [2.24, 2.45) is 0 Å². The molecular weight excluding hydrogens is 446 g/mol. The highest BCUT2D eigenvalue weighted by Gasteiger charge is 2.44. The molecule has 3 aromatic rings. The first-order valence-corrected chi connectivity index (χ1v) is 10.6. The van der Waals surface area contributed by atoms with Crippen LogP contribution in [-0.4, -0.2) is 42.5 Å². The van der Waals surface area contributed by atoms with Gasteiger partial charge in [-0.15, -0.1) is 0 Å². The van der Waals surface area contributed by atoms with E-state index in [2.05, 4.69) is 0 Å². The van der Waals surface area contributed by atoms with Crippen molar-refractivity contribution in [3.8, 4) is 11.5 Å². The van der Waals surface area contributed by atoms with Crippen LogP contribution in [-0.2, 0) is 11.2 Å². The van der Waals surface area contributed by atoms with E-state index in [0.717, 1.165) is 5.56 Å². The SMILES string of the molecule is COc1ccc(CCN2C(=O)C(O)=C(C(=O)c3ccco3)[C@@H]2c2ccc(Cl)cc2)cc1OC. The summed E-state index contributed by atoms with van der Waals surface area (Å²) in [6, 6.07) is 14.6. The third kappa shape index (κ3) is 4.32. The third-order valence-electron chi connectivity index (χ3n) is 5.57. The number of aliphatic hydroxyl groups excluding tert-OH is 1. The smallest absolute Gasteiger partial charge is 0.290 e. The van der Waals surface area contributed by atoms with Crippen LogP contribution in [0.2, 0.25) is 5.02 Å². The zero-order valence-electron chi connectivity index (χ0n) is 18.1. The Bertz CT molecular complexity index is 1200. The minimum atomic E-state index is -0.785. The third-order valence-corrected chi connectivity index (χ3v) is 5.82. The summed E-state index contributed by atoms with van der Waals surface area (Å²) in [6.45, 7) is 0.251. The maximum atomic E-state index is 13.1. The molecule has 0 fully saturated rings. The fraction of sp³-hybridized carbons (Fsp3) is 0.200. The quantitative estimate of drug-likeness (QED) is 0.480. The number of benzene rings is 2. The predicted octanol–water partition coefficient (Wildman–Crippen LogP) is 4.77. The molecule has 4 rings (SSSR count). The predicted molar refractivity (Wildman–Crippen MR) is 122 cm³/mol. The molecule has 0 saturated carbocycles. The van der Waals surface area contributed by atoms with Crippen LogP contribution in [0.1, 0.15) is 27.7 Å². The van der Waals surface area contributed by atoms with Gasteiger partial charge in [-0.2, -0.15) is 0 Å². The van der Waals surface area contributed by atoms with Crippen molar-refractivity contribution >= 4 is 23.3 Å². The number of hydrogen-bond donors (Lipinski definition) is 1. The van der Waals surface area contributed by atoms with Gasteiger partial charge in [0.1, 0.15) is 0 Å². The van der Waals surface area contributed by atoms with Crippen LogP contribution in [0.4, 0.5) is 0 Å². The molecule has 8 heteroatoms. The van der Waals surface area contributed by atoms with Crippen molar-refractivity contribution in [1.82, 2.24) is 4.90 Å². The van der Waals surface area contributed by atoms with E-state index in [9.17, 15) is 14.7 Å². The number of amides is 1. The zero-order valence-corrected chi connectivity index (χ0v) is 18.8. The molecule has 1 aromatic heterocycles. The average Bonchev–Trinajstić information content (AvgIpc) is 3.45. The Morgan fingerprint density at radius 3 is 2.45 bits per heavy atom. The van der Waals surface area contributed by atoms with Gasteiger partial charge in [0.05, 0.1) is 32.1 Å². The van der Waals surface area contributed by atoms with Crippen LogP contribution >= 0.6 is 11.6 Å². The Morgan fingerprint density at radius 2 is 1.82 bits per heavy atom. The number of ketones is 1. The number of halogens is 1. The van der Waals surface area contributed by atoms with Gasteiger partial charge < -0.3 is 23.9 Å². The van der Waals surface area contributed by atoms with Crippen LogP contribution < -0.4 is 9.47 Å². The summed E-state index contributed by atoms with van der Waals surface area (Å²) < 4.78 is 15.9. The Hall–Kier alpha value is -3.71. The van der Waals surface area contributed by atoms with Gasteiger partial charge in [0, 0.05) is 11.6 Å². The van der Waals surface area contributed by atoms with Crippen LogP contribution in [0.15, 0.2) is 76.6 Å². The molecule has 2 heterocycles. The second-order valence-electron chi connectivity index (χ2n) is 7.46. The van der Waals surface area contributed by atoms with Gasteiger partial charge in [-0.1, -0.05) is 29.8 Å². The lowest BCUT2D eigenvalue weighted by molar-refractivity contribution is -0.129. The molecule has 0 bridgehead atoms. The van der Waals surface area contributed by atoms with E-state index in [4.69, 9.17) is 25.5 Å². The van der Waals surface area contributed by atoms with E-state index in [1.165, 1.54) is 17.2 Å². The van der Waals surface area contributed by atoms with Crippen LogP contribution in [0.5, 0.6) is 11.5 Å². The molecule has 7 nitrogen and oxygen atoms in total. The monoisotopic (exact) mass is 467 g/mol. The van der Waals surface area contributed by atoms with E-state index < -0.39 is 23.5 Å². The molecule has 0 spiro atoms. The average molecular weight is 468 g/mol. The van der Waals surface area contributed by atoms with Crippen molar-refractivity contribution < 1.29 is 28.6 Å². The first kappa shape index (κ1) is 22.5. The summed E-state index contributed by atoms with van der Waals surface area (Å²) in [5.41, 5.74) is 1.53. The van der Waals surface area contributed by atoms with E-state index in [-0.39, 0.29) is 17.9 Å². The molecule has 1 N–H and O–H groups in total. The zero-order chi connectivity index (χ0) is 23.5. The van der Waals surface area contributed by atoms with Gasteiger partial charge in [0.2, 0.25) is 5.78 Å². The van der Waals surface area contributed by atoms with E-state index in [1.807, 2.05) is 12.1 Å². The number of Topliss-reactive ketones (excluding diaryl/α,β-unsaturated/α-hetero) is 1. The second-order valence-corrected chi connectivity index (χ2v) is 7.90. The van der Waals surface area contributed by atoms with Crippen molar-refractivity contribution in [1.29, 1.82) is 0 Å². The van der Waals surface area contributed by atoms with Gasteiger partial charge in [-0.05, 0) is 53.9 Å². The molecule has 0 unspecified atom stereocenters. The topological polar surface area (TPSA) is 89.2 Å². The van der Waals surface area contributed by atoms with Crippen molar-refractivity contribution in [3.05, 3.63) is 94.1 Å². The number of carbonyl (C=O) groups excluding carboxylic acids is 2. The Balaban J connectivity index is 1.67. The number of methoxy groups -OCH3 is 2. The van der Waals surface area contributed by atoms with E-state index >= 15 is 0 Å². The Labute approximate surface area is 195 Å². The minimum Gasteiger partial charge on any atom is -0.503 e. The maximum Gasteiger partial charge on any atom is 0.290 e. The number of ether oxygens (including phenoxy) is 2. The summed E-state index contributed by atoms with van der Waals surface area (Å²) in [5, 5.41) is 11.2. The first-order valence-electron chi connectivity index (χ1n) is 10.2. The summed E-state index contributed by atoms with van der Waals surface area (Å²) in [7, 11) is 3.11. The molecule has 33 heavy (non-hydrogen) atoms. The molecule has 1 atom stereocenters. The number of aliphatic hydroxyl groups is 1. The number of furan rings is 1. The number of rotatable bonds is 8. The van der Waals surface area contributed by atoms with Crippen LogP contribution in [0.25, 0.3) is 0 Å². The summed E-state index contributed by atoms with van der Waals surface area (Å²) in [6.07, 6.45) is 1.83. The fourth-order valence-electron chi connectivity index (χ4n) is 3.93. The molecule has 1 aliphatic heterocycles. The Morgan fingerprint density at radius 1 is 1.09 bits per heavy atom. The normalized spacial score (nSPS) is 15.8. The minimum absolute atomic E-state index is 0.0235. The Kier molecular flexibility index (Phi) is 6.42. The molecular formula is C25H22ClNO6. The number of carbonyl (C=O) groups is 2. The molecule has 2 aromatic carbocycles. The summed E-state index contributed by atoms with van der Waals surface area (Å²) >= 11 is 6.04. The largest absolute Gasteiger partial charge is 0.503 e. The van der Waals surface area contributed by atoms with Crippen molar-refractivity contribution in [3.63, 3.8) is 0 Å². The van der Waals surface area contributed by atoms with Gasteiger partial charge in [0.25, 0.3) is 5.91 Å². The maximum absolute atomic E-state index is 13.1. The standard InChI is InChI=1S/C25H22ClNO6/c1-31-18-10-5-15(14-20(18)32-2)11-12-27-22(16-6-8-17(26)9-7-16)21(24(29)25(27)30)23(28)19-4-3-13-33-19/h3-10,13-14,22,29H,11-12H2,1-2H3/t22-/m0/s1. The summed E-state index contributed by atoms with van der Waals surface area (Å²) in [5.74, 6) is -0.520. The van der Waals surface area contributed by atoms with Gasteiger partial charge >= 0.3 is 0 Å². The van der Waals surface area contributed by atoms with Crippen molar-refractivity contribution in [2.75, 3.05) is 20.8 Å². The number of hydrogen-bond acceptors (Lipinski definition) is 6. The van der Waals surface area contributed by atoms with Crippen LogP contribution in [0, 0.1) is 0 Å². The highest BCUT2D eigenvalue weighted by atomic mass is 35.5. The lowest BCUT2D eigenvalue weighted by atomic mass is 9.95. The van der Waals surface area contributed by atoms with Crippen LogP contribution in [0.3, 0.4) is 0 Å². The van der Waals surface area contributed by atoms with Gasteiger partial charge in [-0.3, -0.25) is 9.59 Å². The lowest BCUT2D eigenvalue weighted by Crippen LogP contribution is -2.33. The molecule has 1 amide bonds. The van der Waals surface area contributed by atoms with E-state index in [0.29, 0.717) is 28.5 Å². The first-order chi connectivity index (χ1) is 15.9. The highest BCUT2D eigenvalue weighted by Crippen LogP contribution is 2.39. The molecule has 0 saturated heterocycles. The van der Waals surface area contributed by atoms with E-state index in [1.54, 1.807) is 50.6 Å². The molecule has 0 radical (unpaired) electrons. The highest BCUT2D eigenvalue weighted by molar-refractivity contribution is 6.30. The molecule has 170 valence electrons. The summed E-state index contributed by atoms with van der Waals surface area (Å²) in [4.78, 5) is 27.7. The van der Waals surface area contributed by atoms with Gasteiger partial charge in [0.15, 0.2) is 23.0 Å². The molecule has 0 aliphatic carbocycles. The molecule has 1 aliphatic rings. The fourth-order valence-corrected chi connectivity index (χ4v) is 4.06. The van der Waals surface area contributed by atoms with Crippen molar-refractivity contribution in [2.45, 2.75) is 12.5 Å². The number of nitrogens with zero attached hydrogens (tertiary/aromatic N) is 1.